The lowest BCUT2D eigenvalue weighted by molar-refractivity contribution is -0.385. The van der Waals surface area contributed by atoms with Gasteiger partial charge in [-0.2, -0.15) is 0 Å². The number of hydrogen-bond acceptors (Lipinski definition) is 4. The lowest BCUT2D eigenvalue weighted by Gasteiger charge is -2.15. The molecule has 1 fully saturated rings. The molecule has 0 aromatic heterocycles. The van der Waals surface area contributed by atoms with E-state index < -0.39 is 4.92 Å². The molecule has 102 valence electrons. The number of hydrogen-bond donors (Lipinski definition) is 2. The van der Waals surface area contributed by atoms with Gasteiger partial charge in [0.25, 0.3) is 5.69 Å². The highest BCUT2D eigenvalue weighted by molar-refractivity contribution is 5.79. The number of nitrogens with two attached hydrogens (primary N) is 1. The van der Waals surface area contributed by atoms with E-state index in [0.29, 0.717) is 5.56 Å². The average Bonchev–Trinajstić information content (AvgIpc) is 2.82. The molecule has 2 atom stereocenters. The van der Waals surface area contributed by atoms with E-state index in [1.807, 2.05) is 0 Å². The third-order valence-corrected chi connectivity index (χ3v) is 3.55. The Morgan fingerprint density at radius 2 is 2.16 bits per heavy atom. The summed E-state index contributed by atoms with van der Waals surface area (Å²) in [6, 6.07) is 6.31. The molecule has 1 aromatic rings. The second-order valence-electron chi connectivity index (χ2n) is 4.80. The first-order valence-corrected chi connectivity index (χ1v) is 6.35. The number of benzene rings is 1. The Kier molecular flexibility index (Phi) is 4.11. The molecule has 6 heteroatoms. The van der Waals surface area contributed by atoms with Crippen molar-refractivity contribution in [3.8, 4) is 0 Å². The first kappa shape index (κ1) is 13.5. The van der Waals surface area contributed by atoms with E-state index in [1.165, 1.54) is 6.07 Å². The molecular weight excluding hydrogens is 246 g/mol. The van der Waals surface area contributed by atoms with Crippen molar-refractivity contribution in [3.63, 3.8) is 0 Å². The van der Waals surface area contributed by atoms with Gasteiger partial charge in [-0.05, 0) is 12.8 Å². The van der Waals surface area contributed by atoms with Crippen molar-refractivity contribution in [3.05, 3.63) is 39.9 Å². The van der Waals surface area contributed by atoms with Crippen LogP contribution in [-0.4, -0.2) is 16.9 Å². The number of nitro groups is 1. The monoisotopic (exact) mass is 263 g/mol. The first-order chi connectivity index (χ1) is 9.09. The fourth-order valence-electron chi connectivity index (χ4n) is 2.47. The summed E-state index contributed by atoms with van der Waals surface area (Å²) in [5.74, 6) is -0.272. The van der Waals surface area contributed by atoms with Gasteiger partial charge in [0.05, 0.1) is 10.8 Å². The number of nitrogens with one attached hydrogen (secondary N) is 1. The molecule has 1 saturated carbocycles. The molecule has 0 radical (unpaired) electrons. The van der Waals surface area contributed by atoms with E-state index >= 15 is 0 Å². The lowest BCUT2D eigenvalue weighted by Crippen LogP contribution is -2.38. The first-order valence-electron chi connectivity index (χ1n) is 6.35. The highest BCUT2D eigenvalue weighted by Gasteiger charge is 2.30. The average molecular weight is 263 g/mol. The van der Waals surface area contributed by atoms with E-state index in [2.05, 4.69) is 5.32 Å². The maximum atomic E-state index is 11.9. The van der Waals surface area contributed by atoms with Gasteiger partial charge in [0.1, 0.15) is 0 Å². The zero-order valence-electron chi connectivity index (χ0n) is 10.5. The van der Waals surface area contributed by atoms with Crippen LogP contribution in [0.15, 0.2) is 24.3 Å². The highest BCUT2D eigenvalue weighted by atomic mass is 16.6. The number of para-hydroxylation sites is 1. The number of rotatable bonds is 4. The minimum absolute atomic E-state index is 0.0264. The molecule has 1 aliphatic rings. The van der Waals surface area contributed by atoms with Crippen LogP contribution in [0.5, 0.6) is 0 Å². The summed E-state index contributed by atoms with van der Waals surface area (Å²) >= 11 is 0. The second-order valence-corrected chi connectivity index (χ2v) is 4.80. The SMILES string of the molecule is NC1CCCC1C(=O)NCc1ccccc1[N+](=O)[O-]. The molecule has 0 saturated heterocycles. The van der Waals surface area contributed by atoms with Crippen molar-refractivity contribution in [2.75, 3.05) is 0 Å². The van der Waals surface area contributed by atoms with Crippen molar-refractivity contribution in [2.45, 2.75) is 31.8 Å². The Hall–Kier alpha value is -1.95. The van der Waals surface area contributed by atoms with Gasteiger partial charge in [0.15, 0.2) is 0 Å². The quantitative estimate of drug-likeness (QED) is 0.632. The van der Waals surface area contributed by atoms with Crippen LogP contribution in [-0.2, 0) is 11.3 Å². The molecular formula is C13H17N3O3. The maximum Gasteiger partial charge on any atom is 0.274 e. The number of carbonyl (C=O) groups excluding carboxylic acids is 1. The molecule has 0 heterocycles. The van der Waals surface area contributed by atoms with Crippen LogP contribution in [0.4, 0.5) is 5.69 Å². The van der Waals surface area contributed by atoms with Crippen LogP contribution in [0.3, 0.4) is 0 Å². The number of nitrogens with zero attached hydrogens (tertiary/aromatic N) is 1. The molecule has 1 amide bonds. The summed E-state index contributed by atoms with van der Waals surface area (Å²) < 4.78 is 0. The van der Waals surface area contributed by atoms with Gasteiger partial charge < -0.3 is 11.1 Å². The van der Waals surface area contributed by atoms with Crippen LogP contribution < -0.4 is 11.1 Å². The predicted octanol–water partition coefficient (Wildman–Crippen LogP) is 1.34. The molecule has 19 heavy (non-hydrogen) atoms. The molecule has 6 nitrogen and oxygen atoms in total. The molecule has 0 spiro atoms. The summed E-state index contributed by atoms with van der Waals surface area (Å²) in [6.07, 6.45) is 2.62. The second kappa shape index (κ2) is 5.79. The standard InChI is InChI=1S/C13H17N3O3/c14-11-6-3-5-10(11)13(17)15-8-9-4-1-2-7-12(9)16(18)19/h1-2,4,7,10-11H,3,5-6,8,14H2,(H,15,17). The predicted molar refractivity (Wildman–Crippen MR) is 70.3 cm³/mol. The smallest absolute Gasteiger partial charge is 0.274 e. The Morgan fingerprint density at radius 3 is 2.79 bits per heavy atom. The van der Waals surface area contributed by atoms with Crippen LogP contribution in [0.1, 0.15) is 24.8 Å². The Morgan fingerprint density at radius 1 is 1.42 bits per heavy atom. The molecule has 2 rings (SSSR count). The summed E-state index contributed by atoms with van der Waals surface area (Å²) in [5, 5.41) is 13.6. The Bertz CT molecular complexity index is 490. The summed E-state index contributed by atoms with van der Waals surface area (Å²) in [7, 11) is 0. The third-order valence-electron chi connectivity index (χ3n) is 3.55. The topological polar surface area (TPSA) is 98.3 Å². The van der Waals surface area contributed by atoms with Crippen molar-refractivity contribution in [2.24, 2.45) is 11.7 Å². The normalized spacial score (nSPS) is 22.2. The van der Waals surface area contributed by atoms with E-state index in [0.717, 1.165) is 19.3 Å². The number of nitro benzene ring substituents is 1. The van der Waals surface area contributed by atoms with Crippen molar-refractivity contribution < 1.29 is 9.72 Å². The number of amides is 1. The summed E-state index contributed by atoms with van der Waals surface area (Å²) in [6.45, 7) is 0.166. The van der Waals surface area contributed by atoms with Crippen LogP contribution >= 0.6 is 0 Å². The summed E-state index contributed by atoms with van der Waals surface area (Å²) in [5.41, 5.74) is 6.39. The minimum atomic E-state index is -0.442. The zero-order chi connectivity index (χ0) is 13.8. The van der Waals surface area contributed by atoms with E-state index in [9.17, 15) is 14.9 Å². The number of carbonyl (C=O) groups is 1. The largest absolute Gasteiger partial charge is 0.351 e. The summed E-state index contributed by atoms with van der Waals surface area (Å²) in [4.78, 5) is 22.4. The molecule has 0 bridgehead atoms. The third kappa shape index (κ3) is 3.08. The molecule has 2 unspecified atom stereocenters. The van der Waals surface area contributed by atoms with Crippen LogP contribution in [0.25, 0.3) is 0 Å². The van der Waals surface area contributed by atoms with E-state index in [-0.39, 0.29) is 30.1 Å². The van der Waals surface area contributed by atoms with Gasteiger partial charge in [-0.15, -0.1) is 0 Å². The van der Waals surface area contributed by atoms with E-state index in [1.54, 1.807) is 18.2 Å². The van der Waals surface area contributed by atoms with Crippen LogP contribution in [0.2, 0.25) is 0 Å². The highest BCUT2D eigenvalue weighted by Crippen LogP contribution is 2.24. The molecule has 1 aliphatic carbocycles. The van der Waals surface area contributed by atoms with Gasteiger partial charge in [-0.25, -0.2) is 0 Å². The zero-order valence-corrected chi connectivity index (χ0v) is 10.5. The van der Waals surface area contributed by atoms with Crippen molar-refractivity contribution >= 4 is 11.6 Å². The van der Waals surface area contributed by atoms with Crippen molar-refractivity contribution in [1.29, 1.82) is 0 Å². The minimum Gasteiger partial charge on any atom is -0.351 e. The van der Waals surface area contributed by atoms with Gasteiger partial charge in [-0.3, -0.25) is 14.9 Å². The fourth-order valence-corrected chi connectivity index (χ4v) is 2.47. The van der Waals surface area contributed by atoms with Gasteiger partial charge in [-0.1, -0.05) is 24.6 Å². The van der Waals surface area contributed by atoms with Gasteiger partial charge in [0, 0.05) is 24.2 Å². The Balaban J connectivity index is 1.99. The van der Waals surface area contributed by atoms with E-state index in [4.69, 9.17) is 5.73 Å². The Labute approximate surface area is 111 Å². The molecule has 3 N–H and O–H groups in total. The lowest BCUT2D eigenvalue weighted by atomic mass is 10.0. The molecule has 1 aromatic carbocycles. The van der Waals surface area contributed by atoms with Crippen LogP contribution in [0, 0.1) is 16.0 Å². The van der Waals surface area contributed by atoms with Gasteiger partial charge >= 0.3 is 0 Å². The van der Waals surface area contributed by atoms with Crippen molar-refractivity contribution in [1.82, 2.24) is 5.32 Å². The van der Waals surface area contributed by atoms with Gasteiger partial charge in [0.2, 0.25) is 5.91 Å². The maximum absolute atomic E-state index is 11.9. The molecule has 0 aliphatic heterocycles. The fraction of sp³-hybridized carbons (Fsp3) is 0.462.